The average Bonchev–Trinajstić information content (AvgIpc) is 2.25. The molecule has 0 atom stereocenters. The normalized spacial score (nSPS) is 9.86. The molecule has 4 nitrogen and oxygen atoms in total. The summed E-state index contributed by atoms with van der Waals surface area (Å²) in [6.07, 6.45) is 1.73. The average molecular weight is 195 g/mol. The summed E-state index contributed by atoms with van der Waals surface area (Å²) >= 11 is 0. The lowest BCUT2D eigenvalue weighted by Crippen LogP contribution is -2.21. The molecule has 14 heavy (non-hydrogen) atoms. The molecule has 0 spiro atoms. The number of hydrogen-bond acceptors (Lipinski definition) is 4. The number of nitrogens with one attached hydrogen (secondary N) is 2. The first-order valence-corrected chi connectivity index (χ1v) is 4.81. The molecule has 0 saturated carbocycles. The van der Waals surface area contributed by atoms with Crippen LogP contribution in [-0.4, -0.2) is 31.7 Å². The quantitative estimate of drug-likeness (QED) is 0.667. The maximum atomic E-state index is 5.02. The van der Waals surface area contributed by atoms with Gasteiger partial charge < -0.3 is 15.4 Å². The molecule has 0 aliphatic rings. The van der Waals surface area contributed by atoms with E-state index in [1.165, 1.54) is 0 Å². The SMILES string of the molecule is CCNCCNc1ccnc(OC)c1. The number of nitrogens with zero attached hydrogens (tertiary/aromatic N) is 1. The summed E-state index contributed by atoms with van der Waals surface area (Å²) < 4.78 is 5.02. The summed E-state index contributed by atoms with van der Waals surface area (Å²) in [7, 11) is 1.62. The number of aromatic nitrogens is 1. The largest absolute Gasteiger partial charge is 0.481 e. The molecule has 1 heterocycles. The zero-order valence-corrected chi connectivity index (χ0v) is 8.71. The molecule has 1 aromatic rings. The first-order chi connectivity index (χ1) is 6.86. The lowest BCUT2D eigenvalue weighted by atomic mass is 10.4. The van der Waals surface area contributed by atoms with Gasteiger partial charge in [-0.25, -0.2) is 4.98 Å². The number of pyridine rings is 1. The van der Waals surface area contributed by atoms with Crippen LogP contribution in [0.3, 0.4) is 0 Å². The molecule has 0 amide bonds. The number of methoxy groups -OCH3 is 1. The highest BCUT2D eigenvalue weighted by molar-refractivity contribution is 5.44. The minimum Gasteiger partial charge on any atom is -0.481 e. The van der Waals surface area contributed by atoms with Crippen LogP contribution in [-0.2, 0) is 0 Å². The number of hydrogen-bond donors (Lipinski definition) is 2. The van der Waals surface area contributed by atoms with Gasteiger partial charge in [0.15, 0.2) is 0 Å². The molecule has 0 aliphatic carbocycles. The Hall–Kier alpha value is -1.29. The second-order valence-corrected chi connectivity index (χ2v) is 2.87. The number of anilines is 1. The summed E-state index contributed by atoms with van der Waals surface area (Å²) in [6.45, 7) is 4.96. The van der Waals surface area contributed by atoms with Crippen molar-refractivity contribution in [2.24, 2.45) is 0 Å². The standard InChI is InChI=1S/C10H17N3O/c1-3-11-6-7-12-9-4-5-13-10(8-9)14-2/h4-5,8,11H,3,6-7H2,1-2H3,(H,12,13). The Balaban J connectivity index is 2.34. The first kappa shape index (κ1) is 10.8. The third kappa shape index (κ3) is 3.62. The Kier molecular flexibility index (Phi) is 4.78. The van der Waals surface area contributed by atoms with Crippen molar-refractivity contribution in [1.29, 1.82) is 0 Å². The highest BCUT2D eigenvalue weighted by atomic mass is 16.5. The summed E-state index contributed by atoms with van der Waals surface area (Å²) in [6, 6.07) is 3.81. The molecule has 0 saturated heterocycles. The molecule has 4 heteroatoms. The molecule has 1 aromatic heterocycles. The topological polar surface area (TPSA) is 46.2 Å². The van der Waals surface area contributed by atoms with Gasteiger partial charge in [0, 0.05) is 31.0 Å². The van der Waals surface area contributed by atoms with E-state index in [0.717, 1.165) is 25.3 Å². The van der Waals surface area contributed by atoms with Gasteiger partial charge in [0.2, 0.25) is 5.88 Å². The van der Waals surface area contributed by atoms with Crippen LogP contribution in [0.4, 0.5) is 5.69 Å². The predicted octanol–water partition coefficient (Wildman–Crippen LogP) is 1.11. The number of ether oxygens (including phenoxy) is 1. The van der Waals surface area contributed by atoms with Crippen LogP contribution in [0.15, 0.2) is 18.3 Å². The Morgan fingerprint density at radius 1 is 1.43 bits per heavy atom. The number of rotatable bonds is 6. The second kappa shape index (κ2) is 6.21. The van der Waals surface area contributed by atoms with E-state index in [0.29, 0.717) is 5.88 Å². The van der Waals surface area contributed by atoms with Crippen LogP contribution in [0.25, 0.3) is 0 Å². The van der Waals surface area contributed by atoms with Gasteiger partial charge in [0.25, 0.3) is 0 Å². The molecule has 0 aromatic carbocycles. The van der Waals surface area contributed by atoms with Crippen LogP contribution in [0, 0.1) is 0 Å². The van der Waals surface area contributed by atoms with E-state index in [9.17, 15) is 0 Å². The maximum absolute atomic E-state index is 5.02. The molecule has 0 aliphatic heterocycles. The number of likely N-dealkylation sites (N-methyl/N-ethyl adjacent to an activating group) is 1. The zero-order chi connectivity index (χ0) is 10.2. The van der Waals surface area contributed by atoms with Crippen LogP contribution in [0.2, 0.25) is 0 Å². The fourth-order valence-electron chi connectivity index (χ4n) is 1.10. The summed E-state index contributed by atoms with van der Waals surface area (Å²) in [4.78, 5) is 4.02. The van der Waals surface area contributed by atoms with Crippen molar-refractivity contribution in [3.8, 4) is 5.88 Å². The lowest BCUT2D eigenvalue weighted by Gasteiger charge is -2.07. The molecule has 0 fully saturated rings. The van der Waals surface area contributed by atoms with Crippen LogP contribution in [0.1, 0.15) is 6.92 Å². The van der Waals surface area contributed by atoms with Crippen molar-refractivity contribution >= 4 is 5.69 Å². The van der Waals surface area contributed by atoms with Gasteiger partial charge in [-0.2, -0.15) is 0 Å². The maximum Gasteiger partial charge on any atom is 0.214 e. The van der Waals surface area contributed by atoms with Crippen molar-refractivity contribution in [2.75, 3.05) is 32.1 Å². The lowest BCUT2D eigenvalue weighted by molar-refractivity contribution is 0.398. The van der Waals surface area contributed by atoms with Gasteiger partial charge in [0.1, 0.15) is 0 Å². The van der Waals surface area contributed by atoms with Gasteiger partial charge in [-0.3, -0.25) is 0 Å². The Morgan fingerprint density at radius 2 is 2.29 bits per heavy atom. The summed E-state index contributed by atoms with van der Waals surface area (Å²) in [5.41, 5.74) is 1.04. The molecular weight excluding hydrogens is 178 g/mol. The highest BCUT2D eigenvalue weighted by Crippen LogP contribution is 2.12. The molecule has 2 N–H and O–H groups in total. The van der Waals surface area contributed by atoms with Crippen molar-refractivity contribution in [1.82, 2.24) is 10.3 Å². The van der Waals surface area contributed by atoms with E-state index >= 15 is 0 Å². The summed E-state index contributed by atoms with van der Waals surface area (Å²) in [5, 5.41) is 6.51. The van der Waals surface area contributed by atoms with Gasteiger partial charge >= 0.3 is 0 Å². The predicted molar refractivity (Wildman–Crippen MR) is 57.8 cm³/mol. The smallest absolute Gasteiger partial charge is 0.214 e. The fourth-order valence-corrected chi connectivity index (χ4v) is 1.10. The monoisotopic (exact) mass is 195 g/mol. The van der Waals surface area contributed by atoms with E-state index in [-0.39, 0.29) is 0 Å². The Bertz CT molecular complexity index is 265. The molecule has 1 rings (SSSR count). The molecule has 78 valence electrons. The van der Waals surface area contributed by atoms with Crippen molar-refractivity contribution < 1.29 is 4.74 Å². The van der Waals surface area contributed by atoms with Crippen LogP contribution < -0.4 is 15.4 Å². The third-order valence-electron chi connectivity index (χ3n) is 1.82. The van der Waals surface area contributed by atoms with Crippen LogP contribution >= 0.6 is 0 Å². The van der Waals surface area contributed by atoms with Crippen molar-refractivity contribution in [2.45, 2.75) is 6.92 Å². The van der Waals surface area contributed by atoms with E-state index < -0.39 is 0 Å². The van der Waals surface area contributed by atoms with E-state index in [1.807, 2.05) is 12.1 Å². The molecule has 0 radical (unpaired) electrons. The van der Waals surface area contributed by atoms with E-state index in [1.54, 1.807) is 13.3 Å². The van der Waals surface area contributed by atoms with Gasteiger partial charge in [-0.15, -0.1) is 0 Å². The Morgan fingerprint density at radius 3 is 3.00 bits per heavy atom. The van der Waals surface area contributed by atoms with Gasteiger partial charge in [-0.05, 0) is 12.6 Å². The second-order valence-electron chi connectivity index (χ2n) is 2.87. The minimum absolute atomic E-state index is 0.637. The van der Waals surface area contributed by atoms with Gasteiger partial charge in [0.05, 0.1) is 7.11 Å². The highest BCUT2D eigenvalue weighted by Gasteiger charge is 1.94. The van der Waals surface area contributed by atoms with E-state index in [4.69, 9.17) is 4.74 Å². The summed E-state index contributed by atoms with van der Waals surface area (Å²) in [5.74, 6) is 0.637. The first-order valence-electron chi connectivity index (χ1n) is 4.81. The molecule has 0 bridgehead atoms. The fraction of sp³-hybridized carbons (Fsp3) is 0.500. The molecule has 0 unspecified atom stereocenters. The third-order valence-corrected chi connectivity index (χ3v) is 1.82. The molecular formula is C10H17N3O. The zero-order valence-electron chi connectivity index (χ0n) is 8.71. The van der Waals surface area contributed by atoms with Gasteiger partial charge in [-0.1, -0.05) is 6.92 Å². The van der Waals surface area contributed by atoms with Crippen LogP contribution in [0.5, 0.6) is 5.88 Å². The van der Waals surface area contributed by atoms with Crippen molar-refractivity contribution in [3.63, 3.8) is 0 Å². The van der Waals surface area contributed by atoms with Crippen molar-refractivity contribution in [3.05, 3.63) is 18.3 Å². The minimum atomic E-state index is 0.637. The Labute approximate surface area is 84.7 Å². The van der Waals surface area contributed by atoms with E-state index in [2.05, 4.69) is 22.5 Å².